The second-order valence-corrected chi connectivity index (χ2v) is 7.36. The van der Waals surface area contributed by atoms with Crippen LogP contribution in [0.25, 0.3) is 0 Å². The second kappa shape index (κ2) is 11.8. The Morgan fingerprint density at radius 3 is 2.79 bits per heavy atom. The van der Waals surface area contributed by atoms with Crippen molar-refractivity contribution in [1.82, 2.24) is 25.3 Å². The van der Waals surface area contributed by atoms with Crippen LogP contribution in [0.1, 0.15) is 24.0 Å². The van der Waals surface area contributed by atoms with Crippen LogP contribution in [0.5, 0.6) is 0 Å². The predicted molar refractivity (Wildman–Crippen MR) is 127 cm³/mol. The smallest absolute Gasteiger partial charge is 0.243 e. The SMILES string of the molecule is CN(C)C(=O)CN=C(NCCCn1cccn1)NC1CCc2ccccc2C1.I. The lowest BCUT2D eigenvalue weighted by molar-refractivity contribution is -0.127. The van der Waals surface area contributed by atoms with E-state index in [1.54, 1.807) is 25.2 Å². The van der Waals surface area contributed by atoms with Gasteiger partial charge in [0.15, 0.2) is 5.96 Å². The lowest BCUT2D eigenvalue weighted by Gasteiger charge is -2.27. The zero-order chi connectivity index (χ0) is 19.8. The number of hydrogen-bond donors (Lipinski definition) is 2. The summed E-state index contributed by atoms with van der Waals surface area (Å²) in [4.78, 5) is 18.0. The van der Waals surface area contributed by atoms with Crippen LogP contribution in [-0.4, -0.2) is 59.8 Å². The second-order valence-electron chi connectivity index (χ2n) is 7.36. The first kappa shape index (κ1) is 23.2. The van der Waals surface area contributed by atoms with Crippen molar-refractivity contribution in [3.8, 4) is 0 Å². The third-order valence-electron chi connectivity index (χ3n) is 4.97. The standard InChI is InChI=1S/C21H30N6O.HI/c1-26(2)20(28)16-23-21(22-11-5-13-27-14-6-12-24-27)25-19-10-9-17-7-3-4-8-18(17)15-19;/h3-4,6-8,12,14,19H,5,9-11,13,15-16H2,1-2H3,(H2,22,23,25);1H. The molecule has 0 bridgehead atoms. The average Bonchev–Trinajstić information content (AvgIpc) is 3.22. The van der Waals surface area contributed by atoms with Gasteiger partial charge in [0.1, 0.15) is 6.54 Å². The number of rotatable bonds is 7. The van der Waals surface area contributed by atoms with E-state index in [9.17, 15) is 4.79 Å². The molecule has 1 atom stereocenters. The Kier molecular flexibility index (Phi) is 9.43. The summed E-state index contributed by atoms with van der Waals surface area (Å²) in [7, 11) is 3.50. The molecule has 2 aromatic rings. The number of carbonyl (C=O) groups excluding carboxylic acids is 1. The molecule has 3 rings (SSSR count). The number of fused-ring (bicyclic) bond motifs is 1. The topological polar surface area (TPSA) is 74.5 Å². The van der Waals surface area contributed by atoms with Gasteiger partial charge in [0.05, 0.1) is 0 Å². The molecular formula is C21H31IN6O. The molecule has 7 nitrogen and oxygen atoms in total. The Morgan fingerprint density at radius 2 is 2.07 bits per heavy atom. The minimum Gasteiger partial charge on any atom is -0.356 e. The van der Waals surface area contributed by atoms with Gasteiger partial charge in [0.2, 0.25) is 5.91 Å². The van der Waals surface area contributed by atoms with Gasteiger partial charge in [-0.25, -0.2) is 4.99 Å². The van der Waals surface area contributed by atoms with Crippen molar-refractivity contribution >= 4 is 35.8 Å². The fourth-order valence-electron chi connectivity index (χ4n) is 3.34. The summed E-state index contributed by atoms with van der Waals surface area (Å²) in [6.07, 6.45) is 7.78. The van der Waals surface area contributed by atoms with E-state index in [0.717, 1.165) is 38.8 Å². The first-order chi connectivity index (χ1) is 13.6. The highest BCUT2D eigenvalue weighted by Crippen LogP contribution is 2.20. The van der Waals surface area contributed by atoms with E-state index in [1.807, 2.05) is 16.9 Å². The molecular weight excluding hydrogens is 479 g/mol. The highest BCUT2D eigenvalue weighted by Gasteiger charge is 2.19. The number of aliphatic imine (C=N–C) groups is 1. The van der Waals surface area contributed by atoms with E-state index in [4.69, 9.17) is 0 Å². The van der Waals surface area contributed by atoms with Crippen LogP contribution in [0.3, 0.4) is 0 Å². The van der Waals surface area contributed by atoms with E-state index in [0.29, 0.717) is 12.0 Å². The normalized spacial score (nSPS) is 15.8. The fraction of sp³-hybridized carbons (Fsp3) is 0.476. The Morgan fingerprint density at radius 1 is 1.28 bits per heavy atom. The molecule has 1 heterocycles. The highest BCUT2D eigenvalue weighted by atomic mass is 127. The lowest BCUT2D eigenvalue weighted by atomic mass is 9.88. The molecule has 1 amide bonds. The molecule has 2 N–H and O–H groups in total. The highest BCUT2D eigenvalue weighted by molar-refractivity contribution is 14.0. The minimum absolute atomic E-state index is 0. The van der Waals surface area contributed by atoms with Crippen LogP contribution in [-0.2, 0) is 24.2 Å². The summed E-state index contributed by atoms with van der Waals surface area (Å²) in [5.74, 6) is 0.701. The van der Waals surface area contributed by atoms with Crippen LogP contribution < -0.4 is 10.6 Å². The van der Waals surface area contributed by atoms with Crippen molar-refractivity contribution in [3.63, 3.8) is 0 Å². The number of likely N-dealkylation sites (N-methyl/N-ethyl adjacent to an activating group) is 1. The first-order valence-corrected chi connectivity index (χ1v) is 9.91. The molecule has 1 unspecified atom stereocenters. The Hall–Kier alpha value is -2.10. The van der Waals surface area contributed by atoms with Gasteiger partial charge in [-0.1, -0.05) is 24.3 Å². The van der Waals surface area contributed by atoms with Crippen molar-refractivity contribution in [3.05, 3.63) is 53.9 Å². The molecule has 29 heavy (non-hydrogen) atoms. The Labute approximate surface area is 190 Å². The van der Waals surface area contributed by atoms with Gasteiger partial charge in [-0.2, -0.15) is 5.10 Å². The summed E-state index contributed by atoms with van der Waals surface area (Å²) in [6, 6.07) is 10.9. The molecule has 8 heteroatoms. The number of halogens is 1. The minimum atomic E-state index is -0.00775. The molecule has 0 spiro atoms. The molecule has 0 fully saturated rings. The van der Waals surface area contributed by atoms with Crippen LogP contribution in [0, 0.1) is 0 Å². The van der Waals surface area contributed by atoms with Gasteiger partial charge < -0.3 is 15.5 Å². The summed E-state index contributed by atoms with van der Waals surface area (Å²) in [5.41, 5.74) is 2.84. The summed E-state index contributed by atoms with van der Waals surface area (Å²) < 4.78 is 1.92. The van der Waals surface area contributed by atoms with Crippen molar-refractivity contribution in [2.75, 3.05) is 27.2 Å². The molecule has 1 aromatic heterocycles. The maximum atomic E-state index is 11.9. The number of nitrogens with zero attached hydrogens (tertiary/aromatic N) is 4. The third-order valence-corrected chi connectivity index (χ3v) is 4.97. The largest absolute Gasteiger partial charge is 0.356 e. The first-order valence-electron chi connectivity index (χ1n) is 9.91. The number of nitrogens with one attached hydrogen (secondary N) is 2. The molecule has 0 saturated carbocycles. The van der Waals surface area contributed by atoms with Crippen molar-refractivity contribution in [2.24, 2.45) is 4.99 Å². The number of amides is 1. The zero-order valence-electron chi connectivity index (χ0n) is 17.2. The van der Waals surface area contributed by atoms with E-state index < -0.39 is 0 Å². The fourth-order valence-corrected chi connectivity index (χ4v) is 3.34. The molecule has 1 aliphatic carbocycles. The number of aryl methyl sites for hydroxylation is 2. The van der Waals surface area contributed by atoms with E-state index in [2.05, 4.69) is 45.0 Å². The monoisotopic (exact) mass is 510 g/mol. The van der Waals surface area contributed by atoms with Gasteiger partial charge in [-0.05, 0) is 42.9 Å². The van der Waals surface area contributed by atoms with Gasteiger partial charge in [0, 0.05) is 45.6 Å². The maximum absolute atomic E-state index is 11.9. The van der Waals surface area contributed by atoms with Crippen LogP contribution in [0.2, 0.25) is 0 Å². The van der Waals surface area contributed by atoms with Crippen LogP contribution in [0.15, 0.2) is 47.7 Å². The number of benzene rings is 1. The van der Waals surface area contributed by atoms with Gasteiger partial charge in [0.25, 0.3) is 0 Å². The molecule has 158 valence electrons. The quantitative estimate of drug-likeness (QED) is 0.259. The molecule has 1 aromatic carbocycles. The van der Waals surface area contributed by atoms with E-state index in [1.165, 1.54) is 11.1 Å². The van der Waals surface area contributed by atoms with E-state index >= 15 is 0 Å². The van der Waals surface area contributed by atoms with Gasteiger partial charge in [-0.15, -0.1) is 24.0 Å². The summed E-state index contributed by atoms with van der Waals surface area (Å²) in [6.45, 7) is 1.76. The number of aromatic nitrogens is 2. The van der Waals surface area contributed by atoms with Crippen LogP contribution >= 0.6 is 24.0 Å². The van der Waals surface area contributed by atoms with Crippen molar-refractivity contribution in [1.29, 1.82) is 0 Å². The number of carbonyl (C=O) groups is 1. The Bertz CT molecular complexity index is 790. The molecule has 0 aliphatic heterocycles. The van der Waals surface area contributed by atoms with Crippen molar-refractivity contribution in [2.45, 2.75) is 38.3 Å². The third kappa shape index (κ3) is 7.34. The summed E-state index contributed by atoms with van der Waals surface area (Å²) in [5, 5.41) is 11.1. The predicted octanol–water partition coefficient (Wildman–Crippen LogP) is 2.07. The molecule has 1 aliphatic rings. The Balaban J connectivity index is 0.00000300. The van der Waals surface area contributed by atoms with Gasteiger partial charge in [-0.3, -0.25) is 9.48 Å². The number of hydrogen-bond acceptors (Lipinski definition) is 3. The number of guanidine groups is 1. The van der Waals surface area contributed by atoms with Crippen molar-refractivity contribution < 1.29 is 4.79 Å². The van der Waals surface area contributed by atoms with E-state index in [-0.39, 0.29) is 36.4 Å². The summed E-state index contributed by atoms with van der Waals surface area (Å²) >= 11 is 0. The van der Waals surface area contributed by atoms with Crippen LogP contribution in [0.4, 0.5) is 0 Å². The molecule has 0 radical (unpaired) electrons. The average molecular weight is 510 g/mol. The zero-order valence-corrected chi connectivity index (χ0v) is 19.5. The molecule has 0 saturated heterocycles. The van der Waals surface area contributed by atoms with Gasteiger partial charge >= 0.3 is 0 Å². The maximum Gasteiger partial charge on any atom is 0.243 e. The lowest BCUT2D eigenvalue weighted by Crippen LogP contribution is -2.46.